The Morgan fingerprint density at radius 2 is 1.96 bits per heavy atom. The van der Waals surface area contributed by atoms with Gasteiger partial charge in [0.05, 0.1) is 18.1 Å². The average Bonchev–Trinajstić information content (AvgIpc) is 3.33. The Bertz CT molecular complexity index is 1050. The zero-order chi connectivity index (χ0) is 17.5. The lowest BCUT2D eigenvalue weighted by atomic mass is 9.98. The van der Waals surface area contributed by atoms with Gasteiger partial charge in [0.25, 0.3) is 0 Å². The van der Waals surface area contributed by atoms with Gasteiger partial charge in [0.15, 0.2) is 0 Å². The highest BCUT2D eigenvalue weighted by Crippen LogP contribution is 2.40. The summed E-state index contributed by atoms with van der Waals surface area (Å²) in [5, 5.41) is 5.28. The molecule has 0 amide bonds. The number of hydrogen-bond acceptors (Lipinski definition) is 6. The van der Waals surface area contributed by atoms with Crippen molar-refractivity contribution in [1.82, 2.24) is 14.9 Å². The molecule has 1 aliphatic rings. The van der Waals surface area contributed by atoms with Crippen LogP contribution in [-0.2, 0) is 13.0 Å². The minimum atomic E-state index is 0.279. The normalized spacial score (nSPS) is 17.5. The lowest BCUT2D eigenvalue weighted by Crippen LogP contribution is -2.35. The first-order valence-corrected chi connectivity index (χ1v) is 10.4. The molecule has 0 aliphatic carbocycles. The molecule has 0 fully saturated rings. The Kier molecular flexibility index (Phi) is 3.96. The van der Waals surface area contributed by atoms with E-state index >= 15 is 0 Å². The van der Waals surface area contributed by atoms with Crippen molar-refractivity contribution in [2.75, 3.05) is 12.3 Å². The van der Waals surface area contributed by atoms with Gasteiger partial charge in [0, 0.05) is 21.7 Å². The zero-order valence-corrected chi connectivity index (χ0v) is 15.8. The molecule has 26 heavy (non-hydrogen) atoms. The number of nitrogens with zero attached hydrogens (tertiary/aromatic N) is 3. The van der Waals surface area contributed by atoms with E-state index in [9.17, 15) is 0 Å². The summed E-state index contributed by atoms with van der Waals surface area (Å²) in [6.07, 6.45) is 1.08. The van der Waals surface area contributed by atoms with Gasteiger partial charge in [0.1, 0.15) is 11.6 Å². The number of anilines is 1. The van der Waals surface area contributed by atoms with Gasteiger partial charge in [-0.15, -0.1) is 22.7 Å². The number of nitrogens with two attached hydrogens (primary N) is 1. The van der Waals surface area contributed by atoms with E-state index in [1.807, 2.05) is 46.9 Å². The Hall–Kier alpha value is -2.28. The smallest absolute Gasteiger partial charge is 0.145 e. The molecule has 6 heteroatoms. The molecule has 0 bridgehead atoms. The Morgan fingerprint density at radius 1 is 1.04 bits per heavy atom. The number of nitrogen functional groups attached to an aromatic ring is 1. The standard InChI is InChI=1S/C20H18N4S2/c21-20-13-4-1-2-5-15(13)22-18(23-20)12-24-9-7-16-14(8-11-26-16)19(24)17-6-3-10-25-17/h1-6,8,10-11,19H,7,9,12H2,(H2,21,22,23)/t19-/m0/s1. The molecule has 0 saturated heterocycles. The summed E-state index contributed by atoms with van der Waals surface area (Å²) in [4.78, 5) is 14.7. The third-order valence-electron chi connectivity index (χ3n) is 4.90. The van der Waals surface area contributed by atoms with Crippen molar-refractivity contribution in [3.05, 3.63) is 74.4 Å². The Balaban J connectivity index is 1.53. The first kappa shape index (κ1) is 15.9. The van der Waals surface area contributed by atoms with E-state index in [4.69, 9.17) is 10.7 Å². The monoisotopic (exact) mass is 378 g/mol. The fourth-order valence-corrected chi connectivity index (χ4v) is 5.50. The Labute approximate surface area is 160 Å². The molecule has 1 atom stereocenters. The van der Waals surface area contributed by atoms with Gasteiger partial charge in [-0.05, 0) is 47.0 Å². The second-order valence-corrected chi connectivity index (χ2v) is 8.46. The molecule has 0 radical (unpaired) electrons. The molecule has 0 saturated carbocycles. The largest absolute Gasteiger partial charge is 0.383 e. The lowest BCUT2D eigenvalue weighted by Gasteiger charge is -2.35. The number of para-hydroxylation sites is 1. The first-order chi connectivity index (χ1) is 12.8. The average molecular weight is 379 g/mol. The summed E-state index contributed by atoms with van der Waals surface area (Å²) in [5.41, 5.74) is 8.53. The van der Waals surface area contributed by atoms with Crippen LogP contribution in [0.5, 0.6) is 0 Å². The second-order valence-electron chi connectivity index (χ2n) is 6.48. The van der Waals surface area contributed by atoms with Crippen LogP contribution in [0.3, 0.4) is 0 Å². The van der Waals surface area contributed by atoms with Crippen LogP contribution in [0.4, 0.5) is 5.82 Å². The summed E-state index contributed by atoms with van der Waals surface area (Å²) < 4.78 is 0. The second kappa shape index (κ2) is 6.46. The van der Waals surface area contributed by atoms with Crippen LogP contribution in [0, 0.1) is 0 Å². The fourth-order valence-electron chi connectivity index (χ4n) is 3.72. The number of aromatic nitrogens is 2. The SMILES string of the molecule is Nc1nc(CN2CCc3sccc3[C@H]2c2cccs2)nc2ccccc12. The van der Waals surface area contributed by atoms with Gasteiger partial charge in [-0.3, -0.25) is 4.90 Å². The third-order valence-corrected chi connectivity index (χ3v) is 6.82. The van der Waals surface area contributed by atoms with Crippen molar-refractivity contribution in [1.29, 1.82) is 0 Å². The van der Waals surface area contributed by atoms with Crippen LogP contribution >= 0.6 is 22.7 Å². The van der Waals surface area contributed by atoms with Gasteiger partial charge >= 0.3 is 0 Å². The van der Waals surface area contributed by atoms with Crippen molar-refractivity contribution >= 4 is 39.4 Å². The van der Waals surface area contributed by atoms with Crippen LogP contribution in [0.25, 0.3) is 10.9 Å². The van der Waals surface area contributed by atoms with Crippen molar-refractivity contribution < 1.29 is 0 Å². The third kappa shape index (κ3) is 2.70. The van der Waals surface area contributed by atoms with Crippen molar-refractivity contribution in [2.24, 2.45) is 0 Å². The van der Waals surface area contributed by atoms with Crippen LogP contribution in [-0.4, -0.2) is 21.4 Å². The van der Waals surface area contributed by atoms with Crippen molar-refractivity contribution in [3.8, 4) is 0 Å². The predicted octanol–water partition coefficient (Wildman–Crippen LogP) is 4.48. The number of hydrogen-bond donors (Lipinski definition) is 1. The maximum absolute atomic E-state index is 6.19. The van der Waals surface area contributed by atoms with E-state index in [1.54, 1.807) is 0 Å². The van der Waals surface area contributed by atoms with E-state index in [0.29, 0.717) is 12.4 Å². The molecule has 0 spiro atoms. The summed E-state index contributed by atoms with van der Waals surface area (Å²) >= 11 is 3.68. The van der Waals surface area contributed by atoms with Crippen molar-refractivity contribution in [3.63, 3.8) is 0 Å². The molecule has 4 aromatic rings. The lowest BCUT2D eigenvalue weighted by molar-refractivity contribution is 0.204. The van der Waals surface area contributed by atoms with E-state index < -0.39 is 0 Å². The molecule has 1 aromatic carbocycles. The summed E-state index contributed by atoms with van der Waals surface area (Å²) in [7, 11) is 0. The van der Waals surface area contributed by atoms with Gasteiger partial charge in [0.2, 0.25) is 0 Å². The maximum atomic E-state index is 6.19. The Morgan fingerprint density at radius 3 is 2.85 bits per heavy atom. The first-order valence-electron chi connectivity index (χ1n) is 8.64. The minimum absolute atomic E-state index is 0.279. The molecule has 130 valence electrons. The van der Waals surface area contributed by atoms with E-state index in [1.165, 1.54) is 15.3 Å². The predicted molar refractivity (Wildman–Crippen MR) is 109 cm³/mol. The number of benzene rings is 1. The van der Waals surface area contributed by atoms with Gasteiger partial charge < -0.3 is 5.73 Å². The molecule has 4 nitrogen and oxygen atoms in total. The maximum Gasteiger partial charge on any atom is 0.145 e. The molecular weight excluding hydrogens is 360 g/mol. The van der Waals surface area contributed by atoms with E-state index in [-0.39, 0.29) is 6.04 Å². The summed E-state index contributed by atoms with van der Waals surface area (Å²) in [6.45, 7) is 1.71. The van der Waals surface area contributed by atoms with Crippen LogP contribution in [0.2, 0.25) is 0 Å². The number of fused-ring (bicyclic) bond motifs is 2. The molecule has 5 rings (SSSR count). The number of rotatable bonds is 3. The van der Waals surface area contributed by atoms with E-state index in [2.05, 4.69) is 38.8 Å². The molecular formula is C20H18N4S2. The molecule has 2 N–H and O–H groups in total. The summed E-state index contributed by atoms with van der Waals surface area (Å²) in [5.74, 6) is 1.35. The van der Waals surface area contributed by atoms with Gasteiger partial charge in [-0.2, -0.15) is 0 Å². The van der Waals surface area contributed by atoms with Crippen LogP contribution < -0.4 is 5.73 Å². The molecule has 0 unspecified atom stereocenters. The van der Waals surface area contributed by atoms with E-state index in [0.717, 1.165) is 29.7 Å². The highest BCUT2D eigenvalue weighted by molar-refractivity contribution is 7.10. The van der Waals surface area contributed by atoms with Crippen LogP contribution in [0.15, 0.2) is 53.2 Å². The zero-order valence-electron chi connectivity index (χ0n) is 14.1. The molecule has 4 heterocycles. The highest BCUT2D eigenvalue weighted by atomic mass is 32.1. The van der Waals surface area contributed by atoms with Crippen LogP contribution in [0.1, 0.15) is 27.2 Å². The van der Waals surface area contributed by atoms with Crippen molar-refractivity contribution in [2.45, 2.75) is 19.0 Å². The summed E-state index contributed by atoms with van der Waals surface area (Å²) in [6, 6.07) is 14.8. The number of thiophene rings is 2. The molecule has 3 aromatic heterocycles. The topological polar surface area (TPSA) is 55.0 Å². The highest BCUT2D eigenvalue weighted by Gasteiger charge is 2.30. The fraction of sp³-hybridized carbons (Fsp3) is 0.200. The molecule has 1 aliphatic heterocycles. The van der Waals surface area contributed by atoms with Gasteiger partial charge in [-0.1, -0.05) is 18.2 Å². The minimum Gasteiger partial charge on any atom is -0.383 e. The quantitative estimate of drug-likeness (QED) is 0.571. The van der Waals surface area contributed by atoms with Gasteiger partial charge in [-0.25, -0.2) is 9.97 Å².